The molecule has 2 N–H and O–H groups in total. The van der Waals surface area contributed by atoms with E-state index in [2.05, 4.69) is 14.8 Å². The molecule has 0 aliphatic heterocycles. The third-order valence-corrected chi connectivity index (χ3v) is 3.39. The monoisotopic (exact) mass is 365 g/mol. The second kappa shape index (κ2) is 7.60. The Hall–Kier alpha value is -2.49. The highest BCUT2D eigenvalue weighted by molar-refractivity contribution is 6.00. The van der Waals surface area contributed by atoms with Gasteiger partial charge in [-0.2, -0.15) is 13.2 Å². The van der Waals surface area contributed by atoms with Gasteiger partial charge in [0, 0.05) is 12.6 Å². The summed E-state index contributed by atoms with van der Waals surface area (Å²) in [6, 6.07) is 1.90. The molecule has 0 spiro atoms. The normalized spacial score (nSPS) is 13.6. The highest BCUT2D eigenvalue weighted by atomic mass is 19.4. The van der Waals surface area contributed by atoms with Crippen molar-refractivity contribution in [1.82, 2.24) is 0 Å². The van der Waals surface area contributed by atoms with Gasteiger partial charge in [0.2, 0.25) is 0 Å². The Morgan fingerprint density at radius 1 is 1.24 bits per heavy atom. The number of hydrogen-bond acceptors (Lipinski definition) is 7. The van der Waals surface area contributed by atoms with Crippen molar-refractivity contribution in [1.29, 1.82) is 0 Å². The summed E-state index contributed by atoms with van der Waals surface area (Å²) in [4.78, 5) is 23.9. The molecule has 0 saturated heterocycles. The maximum Gasteiger partial charge on any atom is 0.432 e. The molecule has 1 atom stereocenters. The van der Waals surface area contributed by atoms with Gasteiger partial charge in [0.1, 0.15) is 11.3 Å². The Labute approximate surface area is 141 Å². The average molecular weight is 365 g/mol. The van der Waals surface area contributed by atoms with Crippen molar-refractivity contribution in [3.63, 3.8) is 0 Å². The number of rotatable bonds is 6. The van der Waals surface area contributed by atoms with Gasteiger partial charge < -0.3 is 24.6 Å². The molecule has 0 bridgehead atoms. The molecule has 1 aromatic rings. The molecular weight excluding hydrogens is 347 g/mol. The van der Waals surface area contributed by atoms with Crippen molar-refractivity contribution in [3.05, 3.63) is 23.3 Å². The standard InChI is InChI=1S/C15H18F3NO6/c1-5-25-13(21)14(22,15(16,17)18)8-6-7-9(19-2)10(11(8)23-3)12(20)24-4/h6-7,19,22H,5H2,1-4H3. The predicted octanol–water partition coefficient (Wildman–Crippen LogP) is 1.84. The molecule has 0 fully saturated rings. The van der Waals surface area contributed by atoms with E-state index in [1.54, 1.807) is 0 Å². The lowest BCUT2D eigenvalue weighted by atomic mass is 9.89. The molecule has 25 heavy (non-hydrogen) atoms. The van der Waals surface area contributed by atoms with E-state index in [4.69, 9.17) is 4.74 Å². The molecule has 7 nitrogen and oxygen atoms in total. The number of hydrogen-bond donors (Lipinski definition) is 2. The number of aliphatic hydroxyl groups is 1. The molecule has 0 aliphatic carbocycles. The van der Waals surface area contributed by atoms with Crippen molar-refractivity contribution in [2.45, 2.75) is 18.7 Å². The van der Waals surface area contributed by atoms with Crippen LogP contribution in [-0.2, 0) is 19.9 Å². The van der Waals surface area contributed by atoms with E-state index in [1.165, 1.54) is 14.0 Å². The molecule has 0 heterocycles. The molecule has 0 radical (unpaired) electrons. The lowest BCUT2D eigenvalue weighted by molar-refractivity contribution is -0.268. The van der Waals surface area contributed by atoms with Crippen LogP contribution in [0.2, 0.25) is 0 Å². The summed E-state index contributed by atoms with van der Waals surface area (Å²) in [6.07, 6.45) is -5.43. The van der Waals surface area contributed by atoms with Gasteiger partial charge in [-0.3, -0.25) is 0 Å². The number of alkyl halides is 3. The fraction of sp³-hybridized carbons (Fsp3) is 0.467. The first-order valence-electron chi connectivity index (χ1n) is 7.03. The summed E-state index contributed by atoms with van der Waals surface area (Å²) in [5.41, 5.74) is -5.33. The Balaban J connectivity index is 3.84. The van der Waals surface area contributed by atoms with E-state index in [0.717, 1.165) is 26.4 Å². The Morgan fingerprint density at radius 2 is 1.84 bits per heavy atom. The quantitative estimate of drug-likeness (QED) is 0.743. The molecule has 1 unspecified atom stereocenters. The third-order valence-electron chi connectivity index (χ3n) is 3.39. The van der Waals surface area contributed by atoms with Crippen molar-refractivity contribution < 1.29 is 42.1 Å². The van der Waals surface area contributed by atoms with Gasteiger partial charge in [-0.1, -0.05) is 0 Å². The van der Waals surface area contributed by atoms with Crippen LogP contribution in [0.3, 0.4) is 0 Å². The molecular formula is C15H18F3NO6. The number of carbonyl (C=O) groups is 2. The van der Waals surface area contributed by atoms with Gasteiger partial charge in [0.15, 0.2) is 0 Å². The molecule has 0 aliphatic rings. The average Bonchev–Trinajstić information content (AvgIpc) is 2.57. The SMILES string of the molecule is CCOC(=O)C(O)(c1ccc(NC)c(C(=O)OC)c1OC)C(F)(F)F. The van der Waals surface area contributed by atoms with Crippen molar-refractivity contribution in [2.24, 2.45) is 0 Å². The van der Waals surface area contributed by atoms with Gasteiger partial charge in [0.25, 0.3) is 5.60 Å². The highest BCUT2D eigenvalue weighted by Gasteiger charge is 2.63. The number of carbonyl (C=O) groups excluding carboxylic acids is 2. The largest absolute Gasteiger partial charge is 0.495 e. The van der Waals surface area contributed by atoms with Crippen molar-refractivity contribution in [3.8, 4) is 5.75 Å². The van der Waals surface area contributed by atoms with Crippen molar-refractivity contribution >= 4 is 17.6 Å². The lowest BCUT2D eigenvalue weighted by Gasteiger charge is -2.30. The van der Waals surface area contributed by atoms with Crippen LogP contribution in [0.5, 0.6) is 5.75 Å². The first-order chi connectivity index (χ1) is 11.6. The number of anilines is 1. The fourth-order valence-corrected chi connectivity index (χ4v) is 2.21. The summed E-state index contributed by atoms with van der Waals surface area (Å²) < 4.78 is 54.4. The van der Waals surface area contributed by atoms with Crippen molar-refractivity contribution in [2.75, 3.05) is 33.2 Å². The summed E-state index contributed by atoms with van der Waals surface area (Å²) >= 11 is 0. The predicted molar refractivity (Wildman–Crippen MR) is 80.5 cm³/mol. The van der Waals surface area contributed by atoms with E-state index in [-0.39, 0.29) is 5.69 Å². The van der Waals surface area contributed by atoms with E-state index in [0.29, 0.717) is 0 Å². The van der Waals surface area contributed by atoms with Crippen LogP contribution in [0, 0.1) is 0 Å². The summed E-state index contributed by atoms with van der Waals surface area (Å²) in [6.45, 7) is 0.897. The Kier molecular flexibility index (Phi) is 6.25. The van der Waals surface area contributed by atoms with E-state index in [9.17, 15) is 27.9 Å². The van der Waals surface area contributed by atoms with Crippen LogP contribution in [-0.4, -0.2) is 51.1 Å². The van der Waals surface area contributed by atoms with Gasteiger partial charge in [0.05, 0.1) is 26.5 Å². The molecule has 0 saturated carbocycles. The smallest absolute Gasteiger partial charge is 0.432 e. The fourth-order valence-electron chi connectivity index (χ4n) is 2.21. The summed E-state index contributed by atoms with van der Waals surface area (Å²) in [5, 5.41) is 12.8. The van der Waals surface area contributed by atoms with Crippen LogP contribution in [0.4, 0.5) is 18.9 Å². The third kappa shape index (κ3) is 3.48. The number of halogens is 3. The van der Waals surface area contributed by atoms with Crippen LogP contribution >= 0.6 is 0 Å². The first-order valence-corrected chi connectivity index (χ1v) is 7.03. The minimum Gasteiger partial charge on any atom is -0.495 e. The Morgan fingerprint density at radius 3 is 2.24 bits per heavy atom. The number of nitrogens with one attached hydrogen (secondary N) is 1. The molecule has 1 aromatic carbocycles. The van der Waals surface area contributed by atoms with Crippen LogP contribution in [0.25, 0.3) is 0 Å². The number of esters is 2. The van der Waals surface area contributed by atoms with Crippen LogP contribution in [0.15, 0.2) is 12.1 Å². The minimum absolute atomic E-state index is 0.0841. The first kappa shape index (κ1) is 20.6. The Bertz CT molecular complexity index is 661. The molecule has 0 aromatic heterocycles. The topological polar surface area (TPSA) is 94.1 Å². The zero-order chi connectivity index (χ0) is 19.4. The zero-order valence-electron chi connectivity index (χ0n) is 14.0. The van der Waals surface area contributed by atoms with Gasteiger partial charge in [-0.15, -0.1) is 0 Å². The maximum absolute atomic E-state index is 13.5. The molecule has 0 amide bonds. The van der Waals surface area contributed by atoms with Crippen LogP contribution < -0.4 is 10.1 Å². The highest BCUT2D eigenvalue weighted by Crippen LogP contribution is 2.46. The van der Waals surface area contributed by atoms with Gasteiger partial charge >= 0.3 is 18.1 Å². The van der Waals surface area contributed by atoms with Gasteiger partial charge in [-0.25, -0.2) is 9.59 Å². The molecule has 1 rings (SSSR count). The summed E-state index contributed by atoms with van der Waals surface area (Å²) in [5.74, 6) is -3.61. The zero-order valence-corrected chi connectivity index (χ0v) is 14.0. The van der Waals surface area contributed by atoms with Crippen LogP contribution in [0.1, 0.15) is 22.8 Å². The second-order valence-electron chi connectivity index (χ2n) is 4.74. The summed E-state index contributed by atoms with van der Waals surface area (Å²) in [7, 11) is 3.43. The van der Waals surface area contributed by atoms with E-state index < -0.39 is 47.2 Å². The number of ether oxygens (including phenoxy) is 3. The van der Waals surface area contributed by atoms with E-state index >= 15 is 0 Å². The number of methoxy groups -OCH3 is 2. The van der Waals surface area contributed by atoms with Gasteiger partial charge in [-0.05, 0) is 19.1 Å². The second-order valence-corrected chi connectivity index (χ2v) is 4.74. The lowest BCUT2D eigenvalue weighted by Crippen LogP contribution is -2.50. The molecule has 140 valence electrons. The van der Waals surface area contributed by atoms with E-state index in [1.807, 2.05) is 0 Å². The number of benzene rings is 1. The maximum atomic E-state index is 13.5. The minimum atomic E-state index is -5.43. The molecule has 10 heteroatoms.